The Bertz CT molecular complexity index is 1150. The summed E-state index contributed by atoms with van der Waals surface area (Å²) in [7, 11) is 0. The average molecular weight is 436 g/mol. The first-order valence-electron chi connectivity index (χ1n) is 9.13. The van der Waals surface area contributed by atoms with Crippen LogP contribution in [0, 0.1) is 5.82 Å². The van der Waals surface area contributed by atoms with E-state index in [1.807, 2.05) is 4.90 Å². The Hall–Kier alpha value is -2.94. The summed E-state index contributed by atoms with van der Waals surface area (Å²) in [5.41, 5.74) is 1.85. The minimum absolute atomic E-state index is 0.291. The van der Waals surface area contributed by atoms with Crippen LogP contribution in [0.25, 0.3) is 10.9 Å². The summed E-state index contributed by atoms with van der Waals surface area (Å²) in [6.07, 6.45) is -3.89. The first kappa shape index (κ1) is 20.3. The van der Waals surface area contributed by atoms with Crippen LogP contribution in [0.3, 0.4) is 0 Å². The molecule has 0 atom stereocenters. The van der Waals surface area contributed by atoms with Gasteiger partial charge in [0.05, 0.1) is 11.3 Å². The van der Waals surface area contributed by atoms with E-state index in [1.165, 1.54) is 30.3 Å². The Morgan fingerprint density at radius 1 is 1.13 bits per heavy atom. The van der Waals surface area contributed by atoms with Crippen LogP contribution in [0.5, 0.6) is 0 Å². The summed E-state index contributed by atoms with van der Waals surface area (Å²) in [6.45, 7) is 0.459. The molecule has 0 spiro atoms. The van der Waals surface area contributed by atoms with Crippen molar-refractivity contribution < 1.29 is 27.5 Å². The van der Waals surface area contributed by atoms with Crippen molar-refractivity contribution in [3.63, 3.8) is 0 Å². The lowest BCUT2D eigenvalue weighted by atomic mass is 10.0. The van der Waals surface area contributed by atoms with Gasteiger partial charge < -0.3 is 14.6 Å². The number of carbonyl (C=O) groups is 1. The van der Waals surface area contributed by atoms with Gasteiger partial charge in [0.25, 0.3) is 0 Å². The van der Waals surface area contributed by atoms with Crippen molar-refractivity contribution in [2.45, 2.75) is 25.7 Å². The highest BCUT2D eigenvalue weighted by Crippen LogP contribution is 2.33. The number of carboxylic acid groups (broad SMARTS) is 1. The van der Waals surface area contributed by atoms with Gasteiger partial charge in [-0.3, -0.25) is 4.79 Å². The number of benzene rings is 2. The van der Waals surface area contributed by atoms with Crippen LogP contribution >= 0.6 is 12.2 Å². The zero-order valence-electron chi connectivity index (χ0n) is 15.5. The lowest BCUT2D eigenvalue weighted by Gasteiger charge is -2.31. The normalized spacial score (nSPS) is 14.3. The van der Waals surface area contributed by atoms with Crippen LogP contribution in [0.15, 0.2) is 42.5 Å². The molecule has 30 heavy (non-hydrogen) atoms. The van der Waals surface area contributed by atoms with Crippen LogP contribution < -0.4 is 0 Å². The highest BCUT2D eigenvalue weighted by atomic mass is 32.1. The second-order valence-electron chi connectivity index (χ2n) is 7.14. The second-order valence-corrected chi connectivity index (χ2v) is 7.53. The Kier molecular flexibility index (Phi) is 5.01. The maximum Gasteiger partial charge on any atom is 0.416 e. The van der Waals surface area contributed by atoms with Crippen LogP contribution in [0.4, 0.5) is 17.6 Å². The highest BCUT2D eigenvalue weighted by Gasteiger charge is 2.31. The van der Waals surface area contributed by atoms with E-state index in [1.54, 1.807) is 4.57 Å². The summed E-state index contributed by atoms with van der Waals surface area (Å²) in [5, 5.41) is 9.96. The van der Waals surface area contributed by atoms with Gasteiger partial charge in [0.15, 0.2) is 0 Å². The molecule has 1 aliphatic rings. The number of alkyl halides is 3. The zero-order chi connectivity index (χ0) is 21.6. The minimum atomic E-state index is -4.40. The van der Waals surface area contributed by atoms with E-state index < -0.39 is 23.5 Å². The van der Waals surface area contributed by atoms with E-state index in [9.17, 15) is 27.5 Å². The monoisotopic (exact) mass is 436 g/mol. The smallest absolute Gasteiger partial charge is 0.416 e. The van der Waals surface area contributed by atoms with E-state index in [-0.39, 0.29) is 6.54 Å². The summed E-state index contributed by atoms with van der Waals surface area (Å²) in [4.78, 5) is 13.6. The number of nitrogens with zero attached hydrogens (tertiary/aromatic N) is 2. The maximum atomic E-state index is 13.8. The third-order valence-electron chi connectivity index (χ3n) is 5.20. The highest BCUT2D eigenvalue weighted by molar-refractivity contribution is 7.80. The first-order valence-corrected chi connectivity index (χ1v) is 9.54. The van der Waals surface area contributed by atoms with Crippen molar-refractivity contribution in [3.8, 4) is 0 Å². The van der Waals surface area contributed by atoms with E-state index in [2.05, 4.69) is 0 Å². The Balaban J connectivity index is 1.69. The molecule has 0 bridgehead atoms. The molecule has 0 saturated heterocycles. The molecule has 4 nitrogen and oxygen atoms in total. The van der Waals surface area contributed by atoms with Gasteiger partial charge in [-0.1, -0.05) is 24.4 Å². The lowest BCUT2D eigenvalue weighted by molar-refractivity contribution is -0.138. The SMILES string of the molecule is O=C(O)Cn1c2c(c3cc(F)ccc31)CCN(Cc1ccc(C(F)(F)F)cc1)C2=S. The Morgan fingerprint density at radius 3 is 2.47 bits per heavy atom. The summed E-state index contributed by atoms with van der Waals surface area (Å²) >= 11 is 5.62. The van der Waals surface area contributed by atoms with Crippen molar-refractivity contribution in [1.82, 2.24) is 9.47 Å². The van der Waals surface area contributed by atoms with Gasteiger partial charge in [0.2, 0.25) is 0 Å². The number of aliphatic carboxylic acids is 1. The van der Waals surface area contributed by atoms with E-state index >= 15 is 0 Å². The second kappa shape index (κ2) is 7.39. The summed E-state index contributed by atoms with van der Waals surface area (Å²) < 4.78 is 53.7. The van der Waals surface area contributed by atoms with Crippen molar-refractivity contribution in [2.24, 2.45) is 0 Å². The number of fused-ring (bicyclic) bond motifs is 3. The van der Waals surface area contributed by atoms with Gasteiger partial charge in [0, 0.05) is 24.0 Å². The molecular weight excluding hydrogens is 420 g/mol. The predicted molar refractivity (Wildman–Crippen MR) is 107 cm³/mol. The largest absolute Gasteiger partial charge is 0.480 e. The third-order valence-corrected chi connectivity index (χ3v) is 5.65. The van der Waals surface area contributed by atoms with Crippen LogP contribution in [-0.4, -0.2) is 32.1 Å². The Labute approximate surface area is 174 Å². The number of hydrogen-bond acceptors (Lipinski definition) is 2. The molecule has 156 valence electrons. The summed E-state index contributed by atoms with van der Waals surface area (Å²) in [6, 6.07) is 9.05. The van der Waals surface area contributed by atoms with E-state index in [0.717, 1.165) is 17.7 Å². The summed E-state index contributed by atoms with van der Waals surface area (Å²) in [5.74, 6) is -1.47. The molecular formula is C21H16F4N2O2S. The standard InChI is InChI=1S/C21H16F4N2O2S/c22-14-5-6-17-16(9-14)15-7-8-26(20(30)19(15)27(17)11-18(28)29)10-12-1-3-13(4-2-12)21(23,24)25/h1-6,9H,7-8,10-11H2,(H,28,29). The molecule has 9 heteroatoms. The first-order chi connectivity index (χ1) is 14.1. The van der Waals surface area contributed by atoms with Crippen molar-refractivity contribution >= 4 is 34.1 Å². The van der Waals surface area contributed by atoms with Crippen LogP contribution in [0.1, 0.15) is 22.4 Å². The average Bonchev–Trinajstić information content (AvgIpc) is 2.97. The zero-order valence-corrected chi connectivity index (χ0v) is 16.4. The molecule has 4 rings (SSSR count). The minimum Gasteiger partial charge on any atom is -0.480 e. The molecule has 0 aliphatic carbocycles. The fourth-order valence-corrected chi connectivity index (χ4v) is 4.25. The number of rotatable bonds is 4. The molecule has 2 heterocycles. The van der Waals surface area contributed by atoms with Gasteiger partial charge >= 0.3 is 12.1 Å². The number of thiocarbonyl (C=S) groups is 1. The fourth-order valence-electron chi connectivity index (χ4n) is 3.86. The number of carboxylic acids is 1. The molecule has 0 fully saturated rings. The quantitative estimate of drug-likeness (QED) is 0.479. The molecule has 0 unspecified atom stereocenters. The number of aromatic nitrogens is 1. The van der Waals surface area contributed by atoms with Crippen molar-refractivity contribution in [2.75, 3.05) is 6.54 Å². The van der Waals surface area contributed by atoms with Crippen molar-refractivity contribution in [1.29, 1.82) is 0 Å². The van der Waals surface area contributed by atoms with Gasteiger partial charge in [-0.25, -0.2) is 4.39 Å². The van der Waals surface area contributed by atoms with Gasteiger partial charge in [-0.2, -0.15) is 13.2 Å². The number of hydrogen-bond donors (Lipinski definition) is 1. The Morgan fingerprint density at radius 2 is 1.83 bits per heavy atom. The maximum absolute atomic E-state index is 13.8. The predicted octanol–water partition coefficient (Wildman–Crippen LogP) is 4.62. The molecule has 1 aromatic heterocycles. The molecule has 0 amide bonds. The van der Waals surface area contributed by atoms with Gasteiger partial charge in [-0.15, -0.1) is 0 Å². The molecule has 1 N–H and O–H groups in total. The molecule has 2 aromatic carbocycles. The van der Waals surface area contributed by atoms with Crippen LogP contribution in [-0.2, 0) is 30.5 Å². The van der Waals surface area contributed by atoms with E-state index in [0.29, 0.717) is 46.7 Å². The van der Waals surface area contributed by atoms with Gasteiger partial charge in [-0.05, 0) is 47.9 Å². The number of halogens is 4. The van der Waals surface area contributed by atoms with E-state index in [4.69, 9.17) is 12.2 Å². The molecule has 3 aromatic rings. The van der Waals surface area contributed by atoms with Crippen LogP contribution in [0.2, 0.25) is 0 Å². The van der Waals surface area contributed by atoms with Crippen molar-refractivity contribution in [3.05, 3.63) is 70.7 Å². The molecule has 1 aliphatic heterocycles. The topological polar surface area (TPSA) is 45.5 Å². The van der Waals surface area contributed by atoms with Gasteiger partial charge in [0.1, 0.15) is 17.4 Å². The molecule has 0 saturated carbocycles. The third kappa shape index (κ3) is 3.65. The fraction of sp³-hybridized carbons (Fsp3) is 0.238. The lowest BCUT2D eigenvalue weighted by Crippen LogP contribution is -2.37. The molecule has 0 radical (unpaired) electrons.